The van der Waals surface area contributed by atoms with Crippen molar-refractivity contribution in [3.63, 3.8) is 0 Å². The molecular formula is C22H22F3N3OS. The Balaban J connectivity index is 1.17. The second-order valence-electron chi connectivity index (χ2n) is 7.12. The molecule has 1 unspecified atom stereocenters. The zero-order valence-electron chi connectivity index (χ0n) is 16.2. The van der Waals surface area contributed by atoms with Crippen molar-refractivity contribution in [2.24, 2.45) is 0 Å². The van der Waals surface area contributed by atoms with Gasteiger partial charge in [-0.2, -0.15) is 17.5 Å². The number of ether oxygens (including phenoxy) is 1. The first kappa shape index (κ1) is 20.7. The van der Waals surface area contributed by atoms with Crippen molar-refractivity contribution in [3.05, 3.63) is 71.5 Å². The summed E-state index contributed by atoms with van der Waals surface area (Å²) in [4.78, 5) is 0. The maximum Gasteiger partial charge on any atom is 0.416 e. The van der Waals surface area contributed by atoms with Crippen LogP contribution in [0, 0.1) is 0 Å². The molecule has 2 heterocycles. The number of aromatic nitrogens is 1. The minimum absolute atomic E-state index is 0.358. The summed E-state index contributed by atoms with van der Waals surface area (Å²) in [7, 11) is 0. The number of fused-ring (bicyclic) bond motifs is 1. The van der Waals surface area contributed by atoms with Crippen LogP contribution >= 0.6 is 11.5 Å². The number of halogens is 3. The van der Waals surface area contributed by atoms with Crippen molar-refractivity contribution in [2.75, 3.05) is 25.0 Å². The summed E-state index contributed by atoms with van der Waals surface area (Å²) in [5, 5.41) is 7.82. The van der Waals surface area contributed by atoms with E-state index in [2.05, 4.69) is 27.1 Å². The molecule has 0 amide bonds. The van der Waals surface area contributed by atoms with Gasteiger partial charge in [-0.1, -0.05) is 24.3 Å². The highest BCUT2D eigenvalue weighted by molar-refractivity contribution is 7.13. The predicted octanol–water partition coefficient (Wildman–Crippen LogP) is 5.75. The van der Waals surface area contributed by atoms with Crippen LogP contribution in [0.3, 0.4) is 0 Å². The zero-order chi connectivity index (χ0) is 21.0. The standard InChI is InChI=1S/C22H22F3N3OS/c23-22(24,25)16-6-3-5-15(13-16)19-10-9-17(29-19)14-26-11-4-12-27-21-18-7-1-2-8-20(18)30-28-21/h1-3,5-9,13,19,26H,4,10-12,14H2,(H,27,28). The molecule has 158 valence electrons. The van der Waals surface area contributed by atoms with Gasteiger partial charge in [-0.25, -0.2) is 0 Å². The molecule has 0 saturated heterocycles. The molecular weight excluding hydrogens is 411 g/mol. The average molecular weight is 433 g/mol. The molecule has 0 radical (unpaired) electrons. The van der Waals surface area contributed by atoms with Crippen LogP contribution in [0.2, 0.25) is 0 Å². The molecule has 4 rings (SSSR count). The Labute approximate surface area is 176 Å². The Morgan fingerprint density at radius 1 is 1.10 bits per heavy atom. The molecule has 1 atom stereocenters. The van der Waals surface area contributed by atoms with Gasteiger partial charge in [0.25, 0.3) is 0 Å². The van der Waals surface area contributed by atoms with E-state index in [-0.39, 0.29) is 6.10 Å². The highest BCUT2D eigenvalue weighted by Crippen LogP contribution is 2.35. The first-order chi connectivity index (χ1) is 14.5. The fourth-order valence-corrected chi connectivity index (χ4v) is 4.15. The van der Waals surface area contributed by atoms with Gasteiger partial charge in [0.1, 0.15) is 17.7 Å². The van der Waals surface area contributed by atoms with Gasteiger partial charge in [-0.15, -0.1) is 0 Å². The molecule has 8 heteroatoms. The normalized spacial score (nSPS) is 16.5. The van der Waals surface area contributed by atoms with Crippen LogP contribution in [0.5, 0.6) is 0 Å². The number of nitrogens with zero attached hydrogens (tertiary/aromatic N) is 1. The van der Waals surface area contributed by atoms with Gasteiger partial charge in [0, 0.05) is 18.4 Å². The molecule has 0 spiro atoms. The van der Waals surface area contributed by atoms with E-state index >= 15 is 0 Å². The molecule has 3 aromatic rings. The SMILES string of the molecule is FC(F)(F)c1cccc(C2CC=C(CNCCCNc3nsc4ccccc34)O2)c1. The van der Waals surface area contributed by atoms with Gasteiger partial charge in [-0.05, 0) is 60.4 Å². The van der Waals surface area contributed by atoms with E-state index in [9.17, 15) is 13.2 Å². The third-order valence-corrected chi connectivity index (χ3v) is 5.76. The summed E-state index contributed by atoms with van der Waals surface area (Å²) in [5.41, 5.74) is -0.0914. The lowest BCUT2D eigenvalue weighted by atomic mass is 10.0. The lowest BCUT2D eigenvalue weighted by Crippen LogP contribution is -2.21. The summed E-state index contributed by atoms with van der Waals surface area (Å²) in [6.45, 7) is 2.16. The number of hydrogen-bond donors (Lipinski definition) is 2. The zero-order valence-corrected chi connectivity index (χ0v) is 17.0. The van der Waals surface area contributed by atoms with E-state index in [1.807, 2.05) is 18.2 Å². The van der Waals surface area contributed by atoms with Crippen molar-refractivity contribution in [3.8, 4) is 0 Å². The van der Waals surface area contributed by atoms with Crippen molar-refractivity contribution in [1.82, 2.24) is 9.69 Å². The van der Waals surface area contributed by atoms with Gasteiger partial charge >= 0.3 is 6.18 Å². The smallest absolute Gasteiger partial charge is 0.416 e. The predicted molar refractivity (Wildman–Crippen MR) is 114 cm³/mol. The van der Waals surface area contributed by atoms with Crippen molar-refractivity contribution < 1.29 is 17.9 Å². The van der Waals surface area contributed by atoms with Crippen molar-refractivity contribution >= 4 is 27.4 Å². The molecule has 0 saturated carbocycles. The lowest BCUT2D eigenvalue weighted by Gasteiger charge is -2.16. The molecule has 0 bridgehead atoms. The van der Waals surface area contributed by atoms with Crippen LogP contribution in [0.4, 0.5) is 19.0 Å². The van der Waals surface area contributed by atoms with E-state index < -0.39 is 11.7 Å². The summed E-state index contributed by atoms with van der Waals surface area (Å²) in [6.07, 6.45) is -1.26. The minimum Gasteiger partial charge on any atom is -0.489 e. The molecule has 2 N–H and O–H groups in total. The van der Waals surface area contributed by atoms with E-state index in [1.54, 1.807) is 6.07 Å². The highest BCUT2D eigenvalue weighted by Gasteiger charge is 2.31. The second-order valence-corrected chi connectivity index (χ2v) is 7.93. The Kier molecular flexibility index (Phi) is 6.24. The number of anilines is 1. The molecule has 1 aromatic heterocycles. The quantitative estimate of drug-likeness (QED) is 0.444. The Hall–Kier alpha value is -2.58. The summed E-state index contributed by atoms with van der Waals surface area (Å²) in [5.74, 6) is 1.69. The summed E-state index contributed by atoms with van der Waals surface area (Å²) in [6, 6.07) is 13.5. The van der Waals surface area contributed by atoms with Crippen LogP contribution in [0.15, 0.2) is 60.4 Å². The van der Waals surface area contributed by atoms with Crippen LogP contribution in [-0.2, 0) is 10.9 Å². The summed E-state index contributed by atoms with van der Waals surface area (Å²) < 4.78 is 50.1. The molecule has 1 aliphatic rings. The number of hydrogen-bond acceptors (Lipinski definition) is 5. The fraction of sp³-hybridized carbons (Fsp3) is 0.318. The number of alkyl halides is 3. The van der Waals surface area contributed by atoms with Crippen LogP contribution in [0.25, 0.3) is 10.1 Å². The Morgan fingerprint density at radius 2 is 1.97 bits per heavy atom. The maximum atomic E-state index is 12.9. The molecule has 1 aliphatic heterocycles. The third kappa shape index (κ3) is 4.94. The van der Waals surface area contributed by atoms with Gasteiger partial charge < -0.3 is 15.4 Å². The second kappa shape index (κ2) is 9.06. The highest BCUT2D eigenvalue weighted by atomic mass is 32.1. The van der Waals surface area contributed by atoms with Crippen LogP contribution in [0.1, 0.15) is 30.1 Å². The minimum atomic E-state index is -4.34. The Morgan fingerprint density at radius 3 is 2.83 bits per heavy atom. The Bertz CT molecular complexity index is 1030. The van der Waals surface area contributed by atoms with Gasteiger partial charge in [0.05, 0.1) is 16.8 Å². The first-order valence-corrected chi connectivity index (χ1v) is 10.6. The molecule has 2 aromatic carbocycles. The fourth-order valence-electron chi connectivity index (χ4n) is 3.40. The molecule has 30 heavy (non-hydrogen) atoms. The molecule has 0 aliphatic carbocycles. The van der Waals surface area contributed by atoms with Crippen molar-refractivity contribution in [2.45, 2.75) is 25.1 Å². The van der Waals surface area contributed by atoms with Crippen LogP contribution < -0.4 is 10.6 Å². The first-order valence-electron chi connectivity index (χ1n) is 9.82. The van der Waals surface area contributed by atoms with E-state index in [4.69, 9.17) is 4.74 Å². The van der Waals surface area contributed by atoms with E-state index in [0.717, 1.165) is 42.5 Å². The number of nitrogens with one attached hydrogen (secondary N) is 2. The molecule has 4 nitrogen and oxygen atoms in total. The topological polar surface area (TPSA) is 46.2 Å². The largest absolute Gasteiger partial charge is 0.489 e. The van der Waals surface area contributed by atoms with Gasteiger partial charge in [0.15, 0.2) is 0 Å². The lowest BCUT2D eigenvalue weighted by molar-refractivity contribution is -0.137. The van der Waals surface area contributed by atoms with E-state index in [0.29, 0.717) is 18.5 Å². The van der Waals surface area contributed by atoms with E-state index in [1.165, 1.54) is 28.4 Å². The monoisotopic (exact) mass is 433 g/mol. The van der Waals surface area contributed by atoms with Gasteiger partial charge in [0.2, 0.25) is 0 Å². The van der Waals surface area contributed by atoms with Crippen LogP contribution in [-0.4, -0.2) is 24.0 Å². The molecule has 0 fully saturated rings. The van der Waals surface area contributed by atoms with Gasteiger partial charge in [-0.3, -0.25) is 0 Å². The number of rotatable bonds is 8. The number of benzene rings is 2. The maximum absolute atomic E-state index is 12.9. The third-order valence-electron chi connectivity index (χ3n) is 4.94. The summed E-state index contributed by atoms with van der Waals surface area (Å²) >= 11 is 1.48. The van der Waals surface area contributed by atoms with Crippen molar-refractivity contribution in [1.29, 1.82) is 0 Å². The average Bonchev–Trinajstić information content (AvgIpc) is 3.37.